The SMILES string of the molecule is CCCCCOc1ccc(C=NNC(=O)COc2ccc(CCCCC)cc2)cc1. The number of hydrogen-bond donors (Lipinski definition) is 1. The van der Waals surface area contributed by atoms with Crippen LogP contribution in [0.1, 0.15) is 63.5 Å². The smallest absolute Gasteiger partial charge is 0.277 e. The van der Waals surface area contributed by atoms with Crippen molar-refractivity contribution in [3.05, 3.63) is 59.7 Å². The molecule has 1 amide bonds. The fourth-order valence-electron chi connectivity index (χ4n) is 2.88. The number of nitrogens with one attached hydrogen (secondary N) is 1. The first-order valence-electron chi connectivity index (χ1n) is 11.0. The van der Waals surface area contributed by atoms with E-state index in [1.807, 2.05) is 36.4 Å². The predicted molar refractivity (Wildman–Crippen MR) is 122 cm³/mol. The van der Waals surface area contributed by atoms with Gasteiger partial charge in [-0.1, -0.05) is 51.7 Å². The van der Waals surface area contributed by atoms with E-state index in [1.54, 1.807) is 6.21 Å². The van der Waals surface area contributed by atoms with Gasteiger partial charge in [0, 0.05) is 0 Å². The molecule has 0 saturated heterocycles. The Hall–Kier alpha value is -2.82. The van der Waals surface area contributed by atoms with Crippen molar-refractivity contribution in [1.82, 2.24) is 5.43 Å². The van der Waals surface area contributed by atoms with Crippen molar-refractivity contribution in [1.29, 1.82) is 0 Å². The van der Waals surface area contributed by atoms with Gasteiger partial charge in [0.2, 0.25) is 0 Å². The molecule has 162 valence electrons. The minimum absolute atomic E-state index is 0.0724. The molecule has 0 saturated carbocycles. The van der Waals surface area contributed by atoms with E-state index in [4.69, 9.17) is 9.47 Å². The number of carbonyl (C=O) groups is 1. The molecule has 0 heterocycles. The number of hydrazone groups is 1. The molecule has 0 aliphatic heterocycles. The van der Waals surface area contributed by atoms with Crippen LogP contribution in [0.25, 0.3) is 0 Å². The molecule has 2 rings (SSSR count). The van der Waals surface area contributed by atoms with Gasteiger partial charge in [0.15, 0.2) is 6.61 Å². The van der Waals surface area contributed by atoms with Crippen LogP contribution >= 0.6 is 0 Å². The molecule has 0 bridgehead atoms. The maximum atomic E-state index is 11.9. The highest BCUT2D eigenvalue weighted by Crippen LogP contribution is 2.14. The molecule has 0 atom stereocenters. The van der Waals surface area contributed by atoms with Crippen LogP contribution in [0.2, 0.25) is 0 Å². The van der Waals surface area contributed by atoms with Crippen LogP contribution in [-0.2, 0) is 11.2 Å². The molecule has 5 heteroatoms. The number of hydrogen-bond acceptors (Lipinski definition) is 4. The zero-order valence-corrected chi connectivity index (χ0v) is 18.2. The molecule has 0 aliphatic carbocycles. The minimum Gasteiger partial charge on any atom is -0.494 e. The van der Waals surface area contributed by atoms with E-state index in [2.05, 4.69) is 36.5 Å². The van der Waals surface area contributed by atoms with E-state index in [1.165, 1.54) is 37.7 Å². The van der Waals surface area contributed by atoms with Crippen molar-refractivity contribution in [2.24, 2.45) is 5.10 Å². The molecule has 2 aromatic carbocycles. The summed E-state index contributed by atoms with van der Waals surface area (Å²) in [6.07, 6.45) is 9.77. The second-order valence-electron chi connectivity index (χ2n) is 7.31. The molecular weight excluding hydrogens is 376 g/mol. The number of carbonyl (C=O) groups excluding carboxylic acids is 1. The molecule has 0 radical (unpaired) electrons. The standard InChI is InChI=1S/C25H34N2O3/c1-3-5-7-9-21-10-14-24(15-11-21)30-20-25(28)27-26-19-22-12-16-23(17-13-22)29-18-8-6-4-2/h10-17,19H,3-9,18,20H2,1-2H3,(H,27,28). The molecule has 0 unspecified atom stereocenters. The van der Waals surface area contributed by atoms with Crippen LogP contribution in [-0.4, -0.2) is 25.3 Å². The summed E-state index contributed by atoms with van der Waals surface area (Å²) in [5.74, 6) is 1.23. The van der Waals surface area contributed by atoms with E-state index >= 15 is 0 Å². The van der Waals surface area contributed by atoms with Crippen molar-refractivity contribution in [3.63, 3.8) is 0 Å². The fourth-order valence-corrected chi connectivity index (χ4v) is 2.88. The Kier molecular flexibility index (Phi) is 11.1. The number of rotatable bonds is 14. The Morgan fingerprint density at radius 3 is 2.20 bits per heavy atom. The van der Waals surface area contributed by atoms with E-state index < -0.39 is 0 Å². The lowest BCUT2D eigenvalue weighted by molar-refractivity contribution is -0.123. The summed E-state index contributed by atoms with van der Waals surface area (Å²) in [5, 5.41) is 3.98. The zero-order valence-electron chi connectivity index (χ0n) is 18.2. The monoisotopic (exact) mass is 410 g/mol. The number of ether oxygens (including phenoxy) is 2. The average Bonchev–Trinajstić information content (AvgIpc) is 2.77. The molecule has 0 aliphatic rings. The van der Waals surface area contributed by atoms with Crippen LogP contribution in [0.15, 0.2) is 53.6 Å². The molecule has 0 spiro atoms. The van der Waals surface area contributed by atoms with E-state index in [0.717, 1.165) is 30.8 Å². The van der Waals surface area contributed by atoms with Gasteiger partial charge in [-0.25, -0.2) is 5.43 Å². The molecule has 0 fully saturated rings. The lowest BCUT2D eigenvalue weighted by atomic mass is 10.1. The van der Waals surface area contributed by atoms with Crippen molar-refractivity contribution in [3.8, 4) is 11.5 Å². The Morgan fingerprint density at radius 2 is 1.50 bits per heavy atom. The summed E-state index contributed by atoms with van der Waals surface area (Å²) in [7, 11) is 0. The molecule has 1 N–H and O–H groups in total. The first-order chi connectivity index (χ1) is 14.7. The topological polar surface area (TPSA) is 59.9 Å². The molecule has 30 heavy (non-hydrogen) atoms. The van der Waals surface area contributed by atoms with Gasteiger partial charge in [0.25, 0.3) is 5.91 Å². The highest BCUT2D eigenvalue weighted by molar-refractivity contribution is 5.83. The van der Waals surface area contributed by atoms with Crippen LogP contribution in [0.4, 0.5) is 0 Å². The largest absolute Gasteiger partial charge is 0.494 e. The Morgan fingerprint density at radius 1 is 0.867 bits per heavy atom. The van der Waals surface area contributed by atoms with E-state index in [9.17, 15) is 4.79 Å². The third kappa shape index (κ3) is 9.59. The quantitative estimate of drug-likeness (QED) is 0.253. The Balaban J connectivity index is 1.67. The number of benzene rings is 2. The summed E-state index contributed by atoms with van der Waals surface area (Å²) in [4.78, 5) is 11.9. The predicted octanol–water partition coefficient (Wildman–Crippen LogP) is 5.52. The van der Waals surface area contributed by atoms with Crippen LogP contribution in [0.5, 0.6) is 11.5 Å². The van der Waals surface area contributed by atoms with Crippen LogP contribution in [0, 0.1) is 0 Å². The minimum atomic E-state index is -0.297. The lowest BCUT2D eigenvalue weighted by Gasteiger charge is -2.07. The van der Waals surface area contributed by atoms with Gasteiger partial charge in [0.05, 0.1) is 12.8 Å². The Labute approximate surface area is 180 Å². The molecule has 5 nitrogen and oxygen atoms in total. The van der Waals surface area contributed by atoms with Gasteiger partial charge >= 0.3 is 0 Å². The third-order valence-electron chi connectivity index (χ3n) is 4.66. The summed E-state index contributed by atoms with van der Waals surface area (Å²) in [5.41, 5.74) is 4.66. The van der Waals surface area contributed by atoms with Gasteiger partial charge in [-0.05, 0) is 66.8 Å². The molecule has 0 aromatic heterocycles. The number of unbranched alkanes of at least 4 members (excludes halogenated alkanes) is 4. The van der Waals surface area contributed by atoms with Crippen molar-refractivity contribution >= 4 is 12.1 Å². The molecule has 2 aromatic rings. The van der Waals surface area contributed by atoms with Crippen molar-refractivity contribution in [2.45, 2.75) is 58.8 Å². The van der Waals surface area contributed by atoms with Gasteiger partial charge in [-0.2, -0.15) is 5.10 Å². The maximum Gasteiger partial charge on any atom is 0.277 e. The fraction of sp³-hybridized carbons (Fsp3) is 0.440. The first-order valence-corrected chi connectivity index (χ1v) is 11.0. The highest BCUT2D eigenvalue weighted by atomic mass is 16.5. The van der Waals surface area contributed by atoms with Crippen molar-refractivity contribution < 1.29 is 14.3 Å². The maximum absolute atomic E-state index is 11.9. The Bertz CT molecular complexity index is 755. The van der Waals surface area contributed by atoms with E-state index in [-0.39, 0.29) is 12.5 Å². The first kappa shape index (κ1) is 23.5. The summed E-state index contributed by atoms with van der Waals surface area (Å²) < 4.78 is 11.2. The van der Waals surface area contributed by atoms with Gasteiger partial charge in [-0.3, -0.25) is 4.79 Å². The second-order valence-corrected chi connectivity index (χ2v) is 7.31. The molecular formula is C25H34N2O3. The summed E-state index contributed by atoms with van der Waals surface area (Å²) >= 11 is 0. The normalized spacial score (nSPS) is 10.9. The summed E-state index contributed by atoms with van der Waals surface area (Å²) in [6.45, 7) is 5.04. The number of aryl methyl sites for hydroxylation is 1. The third-order valence-corrected chi connectivity index (χ3v) is 4.66. The van der Waals surface area contributed by atoms with Crippen molar-refractivity contribution in [2.75, 3.05) is 13.2 Å². The number of amides is 1. The highest BCUT2D eigenvalue weighted by Gasteiger charge is 2.02. The van der Waals surface area contributed by atoms with Crippen LogP contribution in [0.3, 0.4) is 0 Å². The zero-order chi connectivity index (χ0) is 21.4. The number of nitrogens with zero attached hydrogens (tertiary/aromatic N) is 1. The van der Waals surface area contributed by atoms with Gasteiger partial charge in [-0.15, -0.1) is 0 Å². The van der Waals surface area contributed by atoms with Crippen LogP contribution < -0.4 is 14.9 Å². The average molecular weight is 411 g/mol. The lowest BCUT2D eigenvalue weighted by Crippen LogP contribution is -2.24. The second kappa shape index (κ2) is 14.2. The van der Waals surface area contributed by atoms with Gasteiger partial charge in [0.1, 0.15) is 11.5 Å². The summed E-state index contributed by atoms with van der Waals surface area (Å²) in [6, 6.07) is 15.5. The van der Waals surface area contributed by atoms with Gasteiger partial charge < -0.3 is 9.47 Å². The van der Waals surface area contributed by atoms with E-state index in [0.29, 0.717) is 5.75 Å².